The maximum Gasteiger partial charge on any atom is 0.225 e. The fraction of sp³-hybridized carbons (Fsp3) is 0.500. The Balaban J connectivity index is 2.11. The number of halogens is 1. The fourth-order valence-corrected chi connectivity index (χ4v) is 2.46. The number of alkyl halides is 1. The Morgan fingerprint density at radius 3 is 2.67 bits per heavy atom. The molecule has 1 fully saturated rings. The van der Waals surface area contributed by atoms with Gasteiger partial charge in [0.25, 0.3) is 0 Å². The van der Waals surface area contributed by atoms with Crippen molar-refractivity contribution in [2.45, 2.75) is 25.7 Å². The number of hydrogen-bond donors (Lipinski definition) is 1. The van der Waals surface area contributed by atoms with Crippen LogP contribution in [-0.4, -0.2) is 24.9 Å². The molecule has 18 heavy (non-hydrogen) atoms. The first-order chi connectivity index (χ1) is 8.81. The van der Waals surface area contributed by atoms with E-state index in [1.165, 1.54) is 19.3 Å². The highest BCUT2D eigenvalue weighted by molar-refractivity contribution is 6.19. The van der Waals surface area contributed by atoms with Gasteiger partial charge in [-0.05, 0) is 31.4 Å². The van der Waals surface area contributed by atoms with Crippen molar-refractivity contribution in [2.24, 2.45) is 0 Å². The van der Waals surface area contributed by atoms with Gasteiger partial charge in [-0.15, -0.1) is 11.6 Å². The van der Waals surface area contributed by atoms with Crippen molar-refractivity contribution in [1.29, 1.82) is 0 Å². The zero-order valence-electron chi connectivity index (χ0n) is 10.5. The number of hydrogen-bond acceptors (Lipinski definition) is 2. The van der Waals surface area contributed by atoms with Gasteiger partial charge in [0.2, 0.25) is 5.91 Å². The van der Waals surface area contributed by atoms with Crippen molar-refractivity contribution >= 4 is 28.9 Å². The van der Waals surface area contributed by atoms with Crippen LogP contribution in [0.1, 0.15) is 25.7 Å². The molecular weight excluding hydrogens is 248 g/mol. The van der Waals surface area contributed by atoms with Crippen LogP contribution in [0.4, 0.5) is 11.4 Å². The van der Waals surface area contributed by atoms with Gasteiger partial charge in [-0.2, -0.15) is 0 Å². The molecule has 98 valence electrons. The van der Waals surface area contributed by atoms with Crippen molar-refractivity contribution < 1.29 is 4.79 Å². The minimum Gasteiger partial charge on any atom is -0.370 e. The number of benzene rings is 1. The van der Waals surface area contributed by atoms with Crippen LogP contribution in [0.5, 0.6) is 0 Å². The summed E-state index contributed by atoms with van der Waals surface area (Å²) in [4.78, 5) is 14.0. The molecule has 1 N–H and O–H groups in total. The first kappa shape index (κ1) is 13.2. The minimum absolute atomic E-state index is 0.0190. The summed E-state index contributed by atoms with van der Waals surface area (Å²) in [6.45, 7) is 2.14. The predicted molar refractivity (Wildman–Crippen MR) is 76.5 cm³/mol. The first-order valence-corrected chi connectivity index (χ1v) is 7.04. The van der Waals surface area contributed by atoms with Crippen LogP contribution in [0, 0.1) is 0 Å². The molecule has 1 saturated heterocycles. The zero-order chi connectivity index (χ0) is 12.8. The Bertz CT molecular complexity index is 403. The van der Waals surface area contributed by atoms with E-state index in [-0.39, 0.29) is 5.91 Å². The lowest BCUT2D eigenvalue weighted by Crippen LogP contribution is -2.30. The number of anilines is 2. The molecule has 0 saturated carbocycles. The lowest BCUT2D eigenvalue weighted by molar-refractivity contribution is -0.115. The maximum absolute atomic E-state index is 11.6. The van der Waals surface area contributed by atoms with Gasteiger partial charge < -0.3 is 10.2 Å². The summed E-state index contributed by atoms with van der Waals surface area (Å²) < 4.78 is 0. The van der Waals surface area contributed by atoms with Gasteiger partial charge in [0, 0.05) is 25.4 Å². The Hall–Kier alpha value is -1.22. The predicted octanol–water partition coefficient (Wildman–Crippen LogP) is 3.24. The van der Waals surface area contributed by atoms with E-state index < -0.39 is 0 Å². The minimum atomic E-state index is -0.0190. The van der Waals surface area contributed by atoms with Gasteiger partial charge in [-0.1, -0.05) is 12.1 Å². The Morgan fingerprint density at radius 2 is 1.94 bits per heavy atom. The SMILES string of the molecule is O=C(CCCl)Nc1ccccc1N1CCCCC1. The lowest BCUT2D eigenvalue weighted by atomic mass is 10.1. The fourth-order valence-electron chi connectivity index (χ4n) is 2.29. The van der Waals surface area contributed by atoms with E-state index in [1.807, 2.05) is 18.2 Å². The number of carbonyl (C=O) groups is 1. The molecule has 0 radical (unpaired) electrons. The molecule has 4 heteroatoms. The molecule has 1 aliphatic rings. The highest BCUT2D eigenvalue weighted by Gasteiger charge is 2.14. The summed E-state index contributed by atoms with van der Waals surface area (Å²) in [5, 5.41) is 2.94. The molecule has 1 aromatic carbocycles. The molecule has 0 aromatic heterocycles. The smallest absolute Gasteiger partial charge is 0.225 e. The van der Waals surface area contributed by atoms with Gasteiger partial charge in [-0.3, -0.25) is 4.79 Å². The third kappa shape index (κ3) is 3.39. The molecule has 2 rings (SSSR count). The summed E-state index contributed by atoms with van der Waals surface area (Å²) in [7, 11) is 0. The molecule has 1 aromatic rings. The Morgan fingerprint density at radius 1 is 1.22 bits per heavy atom. The van der Waals surface area contributed by atoms with Crippen molar-refractivity contribution in [3.63, 3.8) is 0 Å². The monoisotopic (exact) mass is 266 g/mol. The number of rotatable bonds is 4. The second kappa shape index (κ2) is 6.64. The molecule has 0 spiro atoms. The third-order valence-electron chi connectivity index (χ3n) is 3.20. The lowest BCUT2D eigenvalue weighted by Gasteiger charge is -2.30. The largest absolute Gasteiger partial charge is 0.370 e. The van der Waals surface area contributed by atoms with E-state index in [4.69, 9.17) is 11.6 Å². The summed E-state index contributed by atoms with van der Waals surface area (Å²) in [6.07, 6.45) is 4.11. The number of piperidine rings is 1. The van der Waals surface area contributed by atoms with E-state index >= 15 is 0 Å². The highest BCUT2D eigenvalue weighted by Crippen LogP contribution is 2.28. The standard InChI is InChI=1S/C14H19ClN2O/c15-9-8-14(18)16-12-6-2-3-7-13(12)17-10-4-1-5-11-17/h2-3,6-7H,1,4-5,8-11H2,(H,16,18). The maximum atomic E-state index is 11.6. The summed E-state index contributed by atoms with van der Waals surface area (Å²) in [6, 6.07) is 7.99. The zero-order valence-corrected chi connectivity index (χ0v) is 11.2. The second-order valence-corrected chi connectivity index (χ2v) is 4.93. The summed E-state index contributed by atoms with van der Waals surface area (Å²) >= 11 is 5.58. The summed E-state index contributed by atoms with van der Waals surface area (Å²) in [5.74, 6) is 0.340. The van der Waals surface area contributed by atoms with Crippen LogP contribution in [0.15, 0.2) is 24.3 Å². The van der Waals surface area contributed by atoms with Gasteiger partial charge in [-0.25, -0.2) is 0 Å². The number of para-hydroxylation sites is 2. The topological polar surface area (TPSA) is 32.3 Å². The van der Waals surface area contributed by atoms with Gasteiger partial charge in [0.05, 0.1) is 11.4 Å². The average molecular weight is 267 g/mol. The van der Waals surface area contributed by atoms with E-state index in [0.717, 1.165) is 24.5 Å². The number of carbonyl (C=O) groups excluding carboxylic acids is 1. The molecule has 1 heterocycles. The normalized spacial score (nSPS) is 15.5. The Kier molecular flexibility index (Phi) is 4.88. The molecule has 1 amide bonds. The van der Waals surface area contributed by atoms with Crippen LogP contribution in [0.2, 0.25) is 0 Å². The molecular formula is C14H19ClN2O. The molecule has 0 aliphatic carbocycles. The first-order valence-electron chi connectivity index (χ1n) is 6.51. The number of amides is 1. The van der Waals surface area contributed by atoms with Gasteiger partial charge in [0.1, 0.15) is 0 Å². The van der Waals surface area contributed by atoms with Crippen molar-refractivity contribution in [2.75, 3.05) is 29.2 Å². The third-order valence-corrected chi connectivity index (χ3v) is 3.39. The quantitative estimate of drug-likeness (QED) is 0.849. The number of nitrogens with one attached hydrogen (secondary N) is 1. The van der Waals surface area contributed by atoms with Gasteiger partial charge >= 0.3 is 0 Å². The highest BCUT2D eigenvalue weighted by atomic mass is 35.5. The van der Waals surface area contributed by atoms with E-state index in [1.54, 1.807) is 0 Å². The molecule has 0 unspecified atom stereocenters. The second-order valence-electron chi connectivity index (χ2n) is 4.55. The molecule has 1 aliphatic heterocycles. The Labute approximate surface area is 113 Å². The van der Waals surface area contributed by atoms with E-state index in [9.17, 15) is 4.79 Å². The number of nitrogens with zero attached hydrogens (tertiary/aromatic N) is 1. The van der Waals surface area contributed by atoms with Crippen LogP contribution in [0.3, 0.4) is 0 Å². The van der Waals surface area contributed by atoms with E-state index in [0.29, 0.717) is 12.3 Å². The molecule has 3 nitrogen and oxygen atoms in total. The van der Waals surface area contributed by atoms with Gasteiger partial charge in [0.15, 0.2) is 0 Å². The van der Waals surface area contributed by atoms with Crippen LogP contribution in [-0.2, 0) is 4.79 Å². The molecule has 0 bridgehead atoms. The average Bonchev–Trinajstić information content (AvgIpc) is 2.40. The van der Waals surface area contributed by atoms with Crippen LogP contribution in [0.25, 0.3) is 0 Å². The van der Waals surface area contributed by atoms with E-state index in [2.05, 4.69) is 16.3 Å². The van der Waals surface area contributed by atoms with Crippen molar-refractivity contribution in [3.05, 3.63) is 24.3 Å². The van der Waals surface area contributed by atoms with Crippen molar-refractivity contribution in [1.82, 2.24) is 0 Å². The molecule has 0 atom stereocenters. The summed E-state index contributed by atoms with van der Waals surface area (Å²) in [5.41, 5.74) is 2.02. The van der Waals surface area contributed by atoms with Crippen LogP contribution < -0.4 is 10.2 Å². The van der Waals surface area contributed by atoms with Crippen LogP contribution >= 0.6 is 11.6 Å². The van der Waals surface area contributed by atoms with Crippen molar-refractivity contribution in [3.8, 4) is 0 Å².